The molecule has 2 fully saturated rings. The maximum Gasteiger partial charge on any atom is 0.413 e. The second-order valence-corrected chi connectivity index (χ2v) is 10.2. The Balaban J connectivity index is 1.07. The summed E-state index contributed by atoms with van der Waals surface area (Å²) < 4.78 is 5.55. The molecule has 0 spiro atoms. The Kier molecular flexibility index (Phi) is 5.29. The number of aliphatic carboxylic acids is 1. The van der Waals surface area contributed by atoms with Gasteiger partial charge in [-0.2, -0.15) is 0 Å². The van der Waals surface area contributed by atoms with Crippen molar-refractivity contribution >= 4 is 34.4 Å². The summed E-state index contributed by atoms with van der Waals surface area (Å²) in [6, 6.07) is 16.3. The van der Waals surface area contributed by atoms with E-state index in [4.69, 9.17) is 4.74 Å². The van der Waals surface area contributed by atoms with Gasteiger partial charge < -0.3 is 14.7 Å². The zero-order chi connectivity index (χ0) is 24.1. The predicted octanol–water partition coefficient (Wildman–Crippen LogP) is 4.30. The first-order valence-electron chi connectivity index (χ1n) is 11.6. The quantitative estimate of drug-likeness (QED) is 0.553. The van der Waals surface area contributed by atoms with Crippen molar-refractivity contribution in [1.29, 1.82) is 0 Å². The number of hydrogen-bond acceptors (Lipinski definition) is 6. The largest absolute Gasteiger partial charge is 0.481 e. The third-order valence-electron chi connectivity index (χ3n) is 7.34. The van der Waals surface area contributed by atoms with Crippen molar-refractivity contribution in [3.05, 3.63) is 70.7 Å². The topological polar surface area (TPSA) is 109 Å². The zero-order valence-corrected chi connectivity index (χ0v) is 19.5. The Morgan fingerprint density at radius 3 is 2.43 bits per heavy atom. The van der Waals surface area contributed by atoms with Crippen molar-refractivity contribution in [3.8, 4) is 11.1 Å². The first kappa shape index (κ1) is 21.8. The molecule has 1 saturated heterocycles. The molecule has 8 nitrogen and oxygen atoms in total. The number of carboxylic acid groups (broad SMARTS) is 1. The molecule has 2 heterocycles. The average molecular weight is 490 g/mol. The highest BCUT2D eigenvalue weighted by atomic mass is 32.1. The number of carboxylic acids is 1. The minimum Gasteiger partial charge on any atom is -0.481 e. The molecule has 2 aliphatic carbocycles. The number of carbonyl (C=O) groups is 3. The fourth-order valence-corrected chi connectivity index (χ4v) is 6.37. The number of ether oxygens (including phenoxy) is 1. The molecule has 3 unspecified atom stereocenters. The first-order chi connectivity index (χ1) is 17.0. The van der Waals surface area contributed by atoms with Gasteiger partial charge in [-0.25, -0.2) is 9.78 Å². The summed E-state index contributed by atoms with van der Waals surface area (Å²) in [5.74, 6) is -1.11. The third-order valence-corrected chi connectivity index (χ3v) is 8.24. The van der Waals surface area contributed by atoms with E-state index in [0.717, 1.165) is 33.6 Å². The maximum atomic E-state index is 12.9. The predicted molar refractivity (Wildman–Crippen MR) is 129 cm³/mol. The van der Waals surface area contributed by atoms with Gasteiger partial charge in [0.15, 0.2) is 5.13 Å². The number of likely N-dealkylation sites (tertiary alicyclic amines) is 1. The van der Waals surface area contributed by atoms with Crippen LogP contribution in [0.15, 0.2) is 54.7 Å². The third kappa shape index (κ3) is 3.85. The number of piperidine rings is 1. The van der Waals surface area contributed by atoms with E-state index < -0.39 is 12.1 Å². The summed E-state index contributed by atoms with van der Waals surface area (Å²) in [5, 5.41) is 12.2. The van der Waals surface area contributed by atoms with E-state index in [0.29, 0.717) is 24.4 Å². The lowest BCUT2D eigenvalue weighted by Crippen LogP contribution is -2.36. The summed E-state index contributed by atoms with van der Waals surface area (Å²) >= 11 is 1.09. The molecule has 35 heavy (non-hydrogen) atoms. The Labute approximate surface area is 205 Å². The van der Waals surface area contributed by atoms with Gasteiger partial charge in [-0.15, -0.1) is 0 Å². The van der Waals surface area contributed by atoms with Gasteiger partial charge in [-0.1, -0.05) is 59.9 Å². The van der Waals surface area contributed by atoms with Crippen molar-refractivity contribution < 1.29 is 24.2 Å². The molecule has 2 aromatic carbocycles. The van der Waals surface area contributed by atoms with Crippen LogP contribution in [0.2, 0.25) is 0 Å². The van der Waals surface area contributed by atoms with Crippen molar-refractivity contribution in [2.75, 3.05) is 25.0 Å². The number of thiazole rings is 1. The van der Waals surface area contributed by atoms with Crippen molar-refractivity contribution in [1.82, 2.24) is 9.88 Å². The number of nitrogens with one attached hydrogen (secondary N) is 1. The Bertz CT molecular complexity index is 1290. The summed E-state index contributed by atoms with van der Waals surface area (Å²) in [6.45, 7) is 1.18. The van der Waals surface area contributed by atoms with E-state index >= 15 is 0 Å². The number of nitrogens with zero attached hydrogens (tertiary/aromatic N) is 2. The van der Waals surface area contributed by atoms with Crippen LogP contribution in [0.5, 0.6) is 0 Å². The van der Waals surface area contributed by atoms with Gasteiger partial charge in [0.2, 0.25) is 0 Å². The lowest BCUT2D eigenvalue weighted by atomic mass is 9.98. The molecule has 3 atom stereocenters. The summed E-state index contributed by atoms with van der Waals surface area (Å²) in [4.78, 5) is 42.9. The van der Waals surface area contributed by atoms with Crippen molar-refractivity contribution in [2.45, 2.75) is 12.3 Å². The molecule has 178 valence electrons. The Morgan fingerprint density at radius 1 is 1.06 bits per heavy atom. The van der Waals surface area contributed by atoms with E-state index in [2.05, 4.69) is 34.6 Å². The molecule has 0 radical (unpaired) electrons. The summed E-state index contributed by atoms with van der Waals surface area (Å²) in [7, 11) is 0. The van der Waals surface area contributed by atoms with E-state index in [-0.39, 0.29) is 41.3 Å². The van der Waals surface area contributed by atoms with E-state index in [9.17, 15) is 19.5 Å². The zero-order valence-electron chi connectivity index (χ0n) is 18.7. The molecule has 1 aromatic heterocycles. The molecule has 2 N–H and O–H groups in total. The van der Waals surface area contributed by atoms with Gasteiger partial charge >= 0.3 is 12.1 Å². The van der Waals surface area contributed by atoms with Gasteiger partial charge in [-0.3, -0.25) is 14.9 Å². The van der Waals surface area contributed by atoms with Gasteiger partial charge in [0.05, 0.1) is 12.1 Å². The monoisotopic (exact) mass is 489 g/mol. The average Bonchev–Trinajstić information content (AvgIpc) is 3.26. The Morgan fingerprint density at radius 2 is 1.74 bits per heavy atom. The number of fused-ring (bicyclic) bond motifs is 4. The van der Waals surface area contributed by atoms with Crippen LogP contribution >= 0.6 is 11.3 Å². The van der Waals surface area contributed by atoms with Gasteiger partial charge in [0.1, 0.15) is 11.5 Å². The molecular weight excluding hydrogens is 466 g/mol. The number of anilines is 1. The van der Waals surface area contributed by atoms with Crippen LogP contribution in [0.25, 0.3) is 11.1 Å². The summed E-state index contributed by atoms with van der Waals surface area (Å²) in [6.07, 6.45) is 1.53. The number of aromatic nitrogens is 1. The lowest BCUT2D eigenvalue weighted by molar-refractivity contribution is -0.139. The van der Waals surface area contributed by atoms with Crippen LogP contribution in [-0.4, -0.2) is 52.7 Å². The van der Waals surface area contributed by atoms with Crippen LogP contribution in [0.1, 0.15) is 33.1 Å². The fourth-order valence-electron chi connectivity index (χ4n) is 5.60. The molecule has 1 aliphatic heterocycles. The second-order valence-electron chi connectivity index (χ2n) is 9.21. The van der Waals surface area contributed by atoms with E-state index in [1.54, 1.807) is 4.90 Å². The lowest BCUT2D eigenvalue weighted by Gasteiger charge is -2.25. The Hall–Kier alpha value is -3.72. The molecule has 6 rings (SSSR count). The number of carbonyl (C=O) groups excluding carboxylic acids is 2. The second kappa shape index (κ2) is 8.49. The molecule has 2 amide bonds. The highest BCUT2D eigenvalue weighted by Gasteiger charge is 2.57. The number of benzene rings is 2. The minimum atomic E-state index is -0.776. The molecule has 3 aliphatic rings. The van der Waals surface area contributed by atoms with Crippen LogP contribution in [0, 0.1) is 17.8 Å². The number of rotatable bonds is 5. The van der Waals surface area contributed by atoms with Crippen LogP contribution in [-0.2, 0) is 9.53 Å². The molecule has 0 bridgehead atoms. The van der Waals surface area contributed by atoms with Crippen molar-refractivity contribution in [2.24, 2.45) is 17.8 Å². The van der Waals surface area contributed by atoms with Crippen LogP contribution in [0.3, 0.4) is 0 Å². The van der Waals surface area contributed by atoms with Crippen LogP contribution < -0.4 is 5.32 Å². The molecular formula is C26H23N3O5S. The smallest absolute Gasteiger partial charge is 0.413 e. The standard InChI is InChI=1S/C26H23N3O5S/c30-23(29-10-9-18-19(12-29)22(18)24(31)32)21-11-27-25(35-21)28-26(33)34-13-20-16-7-3-1-5-14(16)15-6-2-4-8-17(15)20/h1-8,11,18-20,22H,9-10,12-13H2,(H,31,32)(H,27,28,33). The molecule has 3 aromatic rings. The first-order valence-corrected chi connectivity index (χ1v) is 12.4. The fraction of sp³-hybridized carbons (Fsp3) is 0.308. The minimum absolute atomic E-state index is 0.0385. The number of amides is 2. The van der Waals surface area contributed by atoms with Crippen LogP contribution in [0.4, 0.5) is 9.93 Å². The highest BCUT2D eigenvalue weighted by Crippen LogP contribution is 2.52. The molecule has 9 heteroatoms. The van der Waals surface area contributed by atoms with Gasteiger partial charge in [0, 0.05) is 19.0 Å². The highest BCUT2D eigenvalue weighted by molar-refractivity contribution is 7.17. The molecule has 1 saturated carbocycles. The van der Waals surface area contributed by atoms with Crippen molar-refractivity contribution in [3.63, 3.8) is 0 Å². The summed E-state index contributed by atoms with van der Waals surface area (Å²) in [5.41, 5.74) is 4.58. The SMILES string of the molecule is O=C(Nc1ncc(C(=O)N2CCC3C(C2)C3C(=O)O)s1)OCC1c2ccccc2-c2ccccc21. The number of hydrogen-bond donors (Lipinski definition) is 2. The van der Waals surface area contributed by atoms with Gasteiger partial charge in [-0.05, 0) is 40.5 Å². The normalized spacial score (nSPS) is 22.1. The maximum absolute atomic E-state index is 12.9. The van der Waals surface area contributed by atoms with E-state index in [1.807, 2.05) is 24.3 Å². The van der Waals surface area contributed by atoms with Gasteiger partial charge in [0.25, 0.3) is 5.91 Å². The van der Waals surface area contributed by atoms with E-state index in [1.165, 1.54) is 6.20 Å².